The average Bonchev–Trinajstić information content (AvgIpc) is 2.88. The topological polar surface area (TPSA) is 34.4 Å². The van der Waals surface area contributed by atoms with Gasteiger partial charge in [-0.15, -0.1) is 0 Å². The maximum atomic E-state index is 5.96. The lowest BCUT2D eigenvalue weighted by Gasteiger charge is -2.07. The predicted octanol–water partition coefficient (Wildman–Crippen LogP) is 4.32. The van der Waals surface area contributed by atoms with Gasteiger partial charge in [-0.2, -0.15) is 0 Å². The van der Waals surface area contributed by atoms with Crippen molar-refractivity contribution in [2.24, 2.45) is 0 Å². The first-order valence-corrected chi connectivity index (χ1v) is 7.22. The third kappa shape index (κ3) is 4.29. The highest BCUT2D eigenvalue weighted by Crippen LogP contribution is 2.23. The molecule has 0 radical (unpaired) electrons. The summed E-state index contributed by atoms with van der Waals surface area (Å²) in [5.74, 6) is 1.61. The molecule has 20 heavy (non-hydrogen) atoms. The van der Waals surface area contributed by atoms with Gasteiger partial charge < -0.3 is 14.5 Å². The first kappa shape index (κ1) is 14.9. The Morgan fingerprint density at radius 3 is 2.95 bits per heavy atom. The molecule has 108 valence electrons. The molecule has 0 amide bonds. The van der Waals surface area contributed by atoms with E-state index in [1.165, 1.54) is 0 Å². The minimum Gasteiger partial charge on any atom is -0.485 e. The Labute approximate surface area is 124 Å². The Kier molecular flexibility index (Phi) is 5.50. The van der Waals surface area contributed by atoms with E-state index in [2.05, 4.69) is 12.2 Å². The van der Waals surface area contributed by atoms with Crippen LogP contribution in [0.2, 0.25) is 5.02 Å². The van der Waals surface area contributed by atoms with Gasteiger partial charge in [-0.3, -0.25) is 0 Å². The van der Waals surface area contributed by atoms with E-state index in [4.69, 9.17) is 20.8 Å². The molecule has 1 heterocycles. The second kappa shape index (κ2) is 7.36. The Morgan fingerprint density at radius 2 is 2.15 bits per heavy atom. The minimum atomic E-state index is 0.412. The van der Waals surface area contributed by atoms with Crippen LogP contribution < -0.4 is 10.1 Å². The molecule has 0 unspecified atom stereocenters. The minimum absolute atomic E-state index is 0.412. The Hall–Kier alpha value is -1.45. The normalized spacial score (nSPS) is 10.8. The van der Waals surface area contributed by atoms with Crippen LogP contribution in [0.1, 0.15) is 30.2 Å². The molecule has 0 atom stereocenters. The largest absolute Gasteiger partial charge is 0.485 e. The van der Waals surface area contributed by atoms with Crippen molar-refractivity contribution in [3.8, 4) is 5.75 Å². The van der Waals surface area contributed by atoms with Crippen molar-refractivity contribution in [3.05, 3.63) is 52.4 Å². The third-order valence-electron chi connectivity index (χ3n) is 2.98. The van der Waals surface area contributed by atoms with Gasteiger partial charge in [-0.25, -0.2) is 0 Å². The number of hydrogen-bond donors (Lipinski definition) is 1. The standard InChI is InChI=1S/C16H20ClNO2/c1-3-6-18-9-13-7-15(19-10-13)11-20-16-8-14(17)5-4-12(16)2/h4-5,7-8,10,18H,3,6,9,11H2,1-2H3. The first-order valence-electron chi connectivity index (χ1n) is 6.85. The smallest absolute Gasteiger partial charge is 0.146 e. The maximum Gasteiger partial charge on any atom is 0.146 e. The van der Waals surface area contributed by atoms with Crippen molar-refractivity contribution in [3.63, 3.8) is 0 Å². The van der Waals surface area contributed by atoms with E-state index < -0.39 is 0 Å². The molecule has 1 N–H and O–H groups in total. The number of benzene rings is 1. The lowest BCUT2D eigenvalue weighted by Crippen LogP contribution is -2.13. The average molecular weight is 294 g/mol. The van der Waals surface area contributed by atoms with Gasteiger partial charge in [-0.1, -0.05) is 24.6 Å². The number of hydrogen-bond acceptors (Lipinski definition) is 3. The van der Waals surface area contributed by atoms with Crippen LogP contribution in [0.5, 0.6) is 5.75 Å². The number of aryl methyl sites for hydroxylation is 1. The van der Waals surface area contributed by atoms with E-state index in [-0.39, 0.29) is 0 Å². The summed E-state index contributed by atoms with van der Waals surface area (Å²) in [5, 5.41) is 4.01. The van der Waals surface area contributed by atoms with Crippen LogP contribution in [0, 0.1) is 6.92 Å². The highest BCUT2D eigenvalue weighted by molar-refractivity contribution is 6.30. The van der Waals surface area contributed by atoms with E-state index in [9.17, 15) is 0 Å². The van der Waals surface area contributed by atoms with Gasteiger partial charge in [0.1, 0.15) is 18.1 Å². The maximum absolute atomic E-state index is 5.96. The summed E-state index contributed by atoms with van der Waals surface area (Å²) in [6.07, 6.45) is 2.90. The summed E-state index contributed by atoms with van der Waals surface area (Å²) in [6.45, 7) is 6.39. The molecule has 2 aromatic rings. The number of furan rings is 1. The molecule has 3 nitrogen and oxygen atoms in total. The predicted molar refractivity (Wildman–Crippen MR) is 81.2 cm³/mol. The van der Waals surface area contributed by atoms with Gasteiger partial charge in [0, 0.05) is 17.1 Å². The van der Waals surface area contributed by atoms with E-state index in [0.29, 0.717) is 11.6 Å². The van der Waals surface area contributed by atoms with Gasteiger partial charge >= 0.3 is 0 Å². The summed E-state index contributed by atoms with van der Waals surface area (Å²) in [6, 6.07) is 7.64. The fraction of sp³-hybridized carbons (Fsp3) is 0.375. The van der Waals surface area contributed by atoms with E-state index >= 15 is 0 Å². The molecule has 1 aromatic heterocycles. The summed E-state index contributed by atoms with van der Waals surface area (Å²) >= 11 is 5.96. The molecule has 4 heteroatoms. The third-order valence-corrected chi connectivity index (χ3v) is 3.22. The molecule has 0 saturated carbocycles. The van der Waals surface area contributed by atoms with E-state index in [0.717, 1.165) is 42.1 Å². The number of rotatable bonds is 7. The molecule has 0 spiro atoms. The first-order chi connectivity index (χ1) is 9.69. The number of nitrogens with one attached hydrogen (secondary N) is 1. The highest BCUT2D eigenvalue weighted by Gasteiger charge is 2.05. The molecule has 1 aromatic carbocycles. The fourth-order valence-corrected chi connectivity index (χ4v) is 2.04. The van der Waals surface area contributed by atoms with Crippen molar-refractivity contribution in [2.75, 3.05) is 6.54 Å². The van der Waals surface area contributed by atoms with Gasteiger partial charge in [0.05, 0.1) is 6.26 Å². The summed E-state index contributed by atoms with van der Waals surface area (Å²) in [7, 11) is 0. The molecule has 0 fully saturated rings. The van der Waals surface area contributed by atoms with Crippen LogP contribution in [0.3, 0.4) is 0 Å². The highest BCUT2D eigenvalue weighted by atomic mass is 35.5. The zero-order chi connectivity index (χ0) is 14.4. The lowest BCUT2D eigenvalue weighted by molar-refractivity contribution is 0.268. The molecular formula is C16H20ClNO2. The van der Waals surface area contributed by atoms with Crippen LogP contribution in [-0.4, -0.2) is 6.54 Å². The Bertz CT molecular complexity index is 551. The molecule has 0 saturated heterocycles. The van der Waals surface area contributed by atoms with Crippen molar-refractivity contribution in [1.82, 2.24) is 5.32 Å². The summed E-state index contributed by atoms with van der Waals surface area (Å²) in [4.78, 5) is 0. The van der Waals surface area contributed by atoms with Crippen molar-refractivity contribution in [2.45, 2.75) is 33.4 Å². The second-order valence-electron chi connectivity index (χ2n) is 4.80. The van der Waals surface area contributed by atoms with Crippen molar-refractivity contribution in [1.29, 1.82) is 0 Å². The van der Waals surface area contributed by atoms with E-state index in [1.807, 2.05) is 31.2 Å². The van der Waals surface area contributed by atoms with Gasteiger partial charge in [0.2, 0.25) is 0 Å². The molecule has 2 rings (SSSR count). The second-order valence-corrected chi connectivity index (χ2v) is 5.23. The molecular weight excluding hydrogens is 274 g/mol. The lowest BCUT2D eigenvalue weighted by atomic mass is 10.2. The zero-order valence-electron chi connectivity index (χ0n) is 11.9. The molecule has 0 aliphatic carbocycles. The number of ether oxygens (including phenoxy) is 1. The summed E-state index contributed by atoms with van der Waals surface area (Å²) < 4.78 is 11.2. The Morgan fingerprint density at radius 1 is 1.30 bits per heavy atom. The van der Waals surface area contributed by atoms with Crippen LogP contribution in [0.4, 0.5) is 0 Å². The van der Waals surface area contributed by atoms with Crippen molar-refractivity contribution >= 4 is 11.6 Å². The number of halogens is 1. The SMILES string of the molecule is CCCNCc1coc(COc2cc(Cl)ccc2C)c1. The van der Waals surface area contributed by atoms with Crippen LogP contribution >= 0.6 is 11.6 Å². The van der Waals surface area contributed by atoms with Crippen LogP contribution in [-0.2, 0) is 13.2 Å². The monoisotopic (exact) mass is 293 g/mol. The van der Waals surface area contributed by atoms with Crippen LogP contribution in [0.25, 0.3) is 0 Å². The Balaban J connectivity index is 1.89. The fourth-order valence-electron chi connectivity index (χ4n) is 1.88. The van der Waals surface area contributed by atoms with Gasteiger partial charge in [0.15, 0.2) is 0 Å². The molecule has 0 aliphatic rings. The molecule has 0 bridgehead atoms. The van der Waals surface area contributed by atoms with Gasteiger partial charge in [0.25, 0.3) is 0 Å². The molecule has 0 aliphatic heterocycles. The van der Waals surface area contributed by atoms with Crippen molar-refractivity contribution < 1.29 is 9.15 Å². The summed E-state index contributed by atoms with van der Waals surface area (Å²) in [5.41, 5.74) is 2.20. The van der Waals surface area contributed by atoms with E-state index in [1.54, 1.807) is 6.26 Å². The van der Waals surface area contributed by atoms with Crippen LogP contribution in [0.15, 0.2) is 34.9 Å². The quantitative estimate of drug-likeness (QED) is 0.772. The zero-order valence-corrected chi connectivity index (χ0v) is 12.7. The van der Waals surface area contributed by atoms with Gasteiger partial charge in [-0.05, 0) is 43.7 Å².